The Morgan fingerprint density at radius 1 is 1.27 bits per heavy atom. The second-order valence-electron chi connectivity index (χ2n) is 6.92. The highest BCUT2D eigenvalue weighted by molar-refractivity contribution is 5.98. The molecule has 3 aromatic heterocycles. The number of rotatable bonds is 4. The first kappa shape index (κ1) is 21.1. The number of halogens is 1. The van der Waals surface area contributed by atoms with Crippen molar-refractivity contribution in [1.29, 1.82) is 0 Å². The van der Waals surface area contributed by atoms with E-state index < -0.39 is 6.17 Å². The molecule has 0 bridgehead atoms. The lowest BCUT2D eigenvalue weighted by atomic mass is 10.0. The van der Waals surface area contributed by atoms with Gasteiger partial charge in [-0.15, -0.1) is 0 Å². The molecule has 3 aromatic rings. The second kappa shape index (κ2) is 8.81. The second-order valence-corrected chi connectivity index (χ2v) is 6.92. The number of amides is 1. The first-order valence-electron chi connectivity index (χ1n) is 9.40. The zero-order valence-electron chi connectivity index (χ0n) is 16.9. The van der Waals surface area contributed by atoms with E-state index in [1.165, 1.54) is 0 Å². The Balaban J connectivity index is 0.000000367. The summed E-state index contributed by atoms with van der Waals surface area (Å²) in [6, 6.07) is 3.83. The molecule has 1 aliphatic carbocycles. The van der Waals surface area contributed by atoms with Crippen LogP contribution in [0.4, 0.5) is 16.0 Å². The molecule has 0 saturated heterocycles. The minimum atomic E-state index is -0.803. The van der Waals surface area contributed by atoms with Gasteiger partial charge in [-0.3, -0.25) is 9.78 Å². The van der Waals surface area contributed by atoms with Crippen molar-refractivity contribution < 1.29 is 14.0 Å². The van der Waals surface area contributed by atoms with Crippen molar-refractivity contribution in [3.63, 3.8) is 0 Å². The van der Waals surface area contributed by atoms with Gasteiger partial charge in [0.05, 0.1) is 11.3 Å². The average Bonchev–Trinajstić information content (AvgIpc) is 3.48. The summed E-state index contributed by atoms with van der Waals surface area (Å²) in [4.78, 5) is 34.4. The van der Waals surface area contributed by atoms with Gasteiger partial charge in [0.25, 0.3) is 5.91 Å². The Bertz CT molecular complexity index is 1100. The van der Waals surface area contributed by atoms with Gasteiger partial charge in [-0.1, -0.05) is 0 Å². The first-order chi connectivity index (χ1) is 14.4. The number of carbonyl (C=O) groups excluding carboxylic acids is 2. The van der Waals surface area contributed by atoms with Crippen molar-refractivity contribution in [1.82, 2.24) is 20.3 Å². The van der Waals surface area contributed by atoms with Crippen molar-refractivity contribution in [3.8, 4) is 11.3 Å². The van der Waals surface area contributed by atoms with Crippen LogP contribution in [-0.4, -0.2) is 47.4 Å². The van der Waals surface area contributed by atoms with Gasteiger partial charge in [-0.05, 0) is 36.4 Å². The van der Waals surface area contributed by atoms with Crippen LogP contribution in [0.1, 0.15) is 22.3 Å². The molecule has 1 amide bonds. The van der Waals surface area contributed by atoms with Gasteiger partial charge in [0.15, 0.2) is 0 Å². The molecule has 0 aromatic carbocycles. The fraction of sp³-hybridized carbons (Fsp3) is 0.286. The fourth-order valence-electron chi connectivity index (χ4n) is 2.92. The molecule has 1 fully saturated rings. The van der Waals surface area contributed by atoms with E-state index >= 15 is 0 Å². The summed E-state index contributed by atoms with van der Waals surface area (Å²) in [6.45, 7) is 1.87. The van der Waals surface area contributed by atoms with E-state index in [4.69, 9.17) is 5.73 Å². The number of carbonyl (C=O) groups is 2. The zero-order valence-corrected chi connectivity index (χ0v) is 16.9. The highest BCUT2D eigenvalue weighted by Gasteiger charge is 2.36. The maximum Gasteiger partial charge on any atom is 0.252 e. The largest absolute Gasteiger partial charge is 0.383 e. The number of nitrogen functional groups attached to an aromatic ring is 1. The predicted octanol–water partition coefficient (Wildman–Crippen LogP) is 2.53. The van der Waals surface area contributed by atoms with Crippen LogP contribution < -0.4 is 16.4 Å². The molecular weight excluding hydrogens is 387 g/mol. The van der Waals surface area contributed by atoms with Crippen molar-refractivity contribution in [2.24, 2.45) is 5.92 Å². The van der Waals surface area contributed by atoms with Crippen molar-refractivity contribution in [2.45, 2.75) is 19.5 Å². The van der Waals surface area contributed by atoms with Gasteiger partial charge >= 0.3 is 0 Å². The van der Waals surface area contributed by atoms with Crippen LogP contribution in [0.25, 0.3) is 22.0 Å². The van der Waals surface area contributed by atoms with Crippen molar-refractivity contribution >= 4 is 34.6 Å². The van der Waals surface area contributed by atoms with E-state index in [2.05, 4.69) is 25.6 Å². The van der Waals surface area contributed by atoms with E-state index in [-0.39, 0.29) is 11.8 Å². The van der Waals surface area contributed by atoms with Crippen LogP contribution >= 0.6 is 0 Å². The van der Waals surface area contributed by atoms with E-state index in [1.807, 2.05) is 19.1 Å². The van der Waals surface area contributed by atoms with Crippen LogP contribution in [-0.2, 0) is 4.79 Å². The molecule has 2 atom stereocenters. The molecule has 1 saturated carbocycles. The quantitative estimate of drug-likeness (QED) is 0.565. The monoisotopic (exact) mass is 410 g/mol. The van der Waals surface area contributed by atoms with E-state index in [9.17, 15) is 14.0 Å². The lowest BCUT2D eigenvalue weighted by molar-refractivity contribution is -0.109. The van der Waals surface area contributed by atoms with Gasteiger partial charge in [0, 0.05) is 49.6 Å². The highest BCUT2D eigenvalue weighted by atomic mass is 19.1. The van der Waals surface area contributed by atoms with E-state index in [1.54, 1.807) is 32.7 Å². The summed E-state index contributed by atoms with van der Waals surface area (Å²) < 4.78 is 11.5. The number of hydrogen-bond donors (Lipinski definition) is 3. The Hall–Kier alpha value is -3.62. The number of hydrogen-bond acceptors (Lipinski definition) is 7. The Kier molecular flexibility index (Phi) is 6.20. The molecule has 8 nitrogen and oxygen atoms in total. The number of nitrogens with two attached hydrogens (primary N) is 1. The Morgan fingerprint density at radius 2 is 2.00 bits per heavy atom. The number of aldehydes is 1. The fourth-order valence-corrected chi connectivity index (χ4v) is 2.92. The van der Waals surface area contributed by atoms with Gasteiger partial charge in [0.1, 0.15) is 24.1 Å². The first-order valence-corrected chi connectivity index (χ1v) is 9.40. The summed E-state index contributed by atoms with van der Waals surface area (Å²) in [5, 5.41) is 7.32. The van der Waals surface area contributed by atoms with Gasteiger partial charge < -0.3 is 21.2 Å². The predicted molar refractivity (Wildman–Crippen MR) is 114 cm³/mol. The zero-order chi connectivity index (χ0) is 21.8. The molecule has 9 heteroatoms. The van der Waals surface area contributed by atoms with Gasteiger partial charge in [-0.2, -0.15) is 0 Å². The lowest BCUT2D eigenvalue weighted by Gasteiger charge is -2.11. The standard InChI is InChI=1S/C17H18N6O.C4H5FO/c1-9-11(6-21-7-12(9)17(24)20-3)14-4-10-5-15(19-2)22-8-13(10)16(18)23-14;5-4-1-3(4)2-6/h4-8H,1-3H3,(H2,18,23)(H,19,22)(H,20,24);2-4H,1H2. The maximum atomic E-state index is 12.0. The minimum Gasteiger partial charge on any atom is -0.383 e. The molecule has 156 valence electrons. The normalized spacial score (nSPS) is 16.9. The minimum absolute atomic E-state index is 0.183. The maximum absolute atomic E-state index is 12.0. The number of alkyl halides is 1. The molecule has 4 rings (SSSR count). The topological polar surface area (TPSA) is 123 Å². The molecule has 0 spiro atoms. The summed E-state index contributed by atoms with van der Waals surface area (Å²) in [6.07, 6.45) is 5.26. The molecule has 0 radical (unpaired) electrons. The van der Waals surface area contributed by atoms with Crippen LogP contribution in [0.5, 0.6) is 0 Å². The number of fused-ring (bicyclic) bond motifs is 1. The van der Waals surface area contributed by atoms with E-state index in [0.29, 0.717) is 29.8 Å². The number of nitrogens with zero attached hydrogens (tertiary/aromatic N) is 3. The Morgan fingerprint density at radius 3 is 2.57 bits per heavy atom. The average molecular weight is 410 g/mol. The molecule has 2 unspecified atom stereocenters. The smallest absolute Gasteiger partial charge is 0.252 e. The highest BCUT2D eigenvalue weighted by Crippen LogP contribution is 2.31. The third kappa shape index (κ3) is 4.35. The van der Waals surface area contributed by atoms with Crippen molar-refractivity contribution in [3.05, 3.63) is 41.9 Å². The van der Waals surface area contributed by atoms with Crippen LogP contribution in [0.15, 0.2) is 30.7 Å². The SMILES string of the molecule is CNC(=O)c1cncc(-c2cc3cc(NC)ncc3c(N)n2)c1C.O=CC1CC1F. The lowest BCUT2D eigenvalue weighted by Crippen LogP contribution is -2.19. The summed E-state index contributed by atoms with van der Waals surface area (Å²) >= 11 is 0. The molecule has 0 aliphatic heterocycles. The van der Waals surface area contributed by atoms with Crippen LogP contribution in [0, 0.1) is 12.8 Å². The van der Waals surface area contributed by atoms with Crippen LogP contribution in [0.3, 0.4) is 0 Å². The number of nitrogens with one attached hydrogen (secondary N) is 2. The molecule has 1 aliphatic rings. The number of anilines is 2. The third-order valence-electron chi connectivity index (χ3n) is 4.90. The third-order valence-corrected chi connectivity index (χ3v) is 4.90. The Labute approximate surface area is 173 Å². The summed E-state index contributed by atoms with van der Waals surface area (Å²) in [7, 11) is 3.40. The van der Waals surface area contributed by atoms with Gasteiger partial charge in [-0.25, -0.2) is 14.4 Å². The molecule has 3 heterocycles. The number of pyridine rings is 3. The molecule has 4 N–H and O–H groups in total. The summed E-state index contributed by atoms with van der Waals surface area (Å²) in [5.74, 6) is 0.706. The molecule has 30 heavy (non-hydrogen) atoms. The van der Waals surface area contributed by atoms with Crippen molar-refractivity contribution in [2.75, 3.05) is 25.1 Å². The molecular formula is C21H23FN6O2. The van der Waals surface area contributed by atoms with Gasteiger partial charge in [0.2, 0.25) is 0 Å². The summed E-state index contributed by atoms with van der Waals surface area (Å²) in [5.41, 5.74) is 8.85. The van der Waals surface area contributed by atoms with E-state index in [0.717, 1.165) is 27.7 Å². The van der Waals surface area contributed by atoms with Crippen LogP contribution in [0.2, 0.25) is 0 Å². The number of aromatic nitrogens is 3.